The number of carbonyl (C=O) groups is 1. The highest BCUT2D eigenvalue weighted by atomic mass is 16.5. The van der Waals surface area contributed by atoms with E-state index >= 15 is 0 Å². The van der Waals surface area contributed by atoms with Gasteiger partial charge in [-0.05, 0) is 51.1 Å². The fourth-order valence-electron chi connectivity index (χ4n) is 3.92. The molecule has 1 saturated carbocycles. The molecule has 1 aromatic carbocycles. The van der Waals surface area contributed by atoms with Crippen molar-refractivity contribution in [3.8, 4) is 0 Å². The second-order valence-corrected chi connectivity index (χ2v) is 7.18. The molecule has 3 nitrogen and oxygen atoms in total. The molecule has 1 atom stereocenters. The van der Waals surface area contributed by atoms with E-state index in [1.54, 1.807) is 0 Å². The Kier molecular flexibility index (Phi) is 5.72. The van der Waals surface area contributed by atoms with Gasteiger partial charge in [0.2, 0.25) is 0 Å². The number of hydrogen-bond acceptors (Lipinski definition) is 3. The lowest BCUT2D eigenvalue weighted by molar-refractivity contribution is -0.160. The lowest BCUT2D eigenvalue weighted by atomic mass is 9.75. The first-order chi connectivity index (χ1) is 11.7. The first-order valence-corrected chi connectivity index (χ1v) is 9.36. The van der Waals surface area contributed by atoms with E-state index in [0.29, 0.717) is 12.6 Å². The molecule has 130 valence electrons. The Morgan fingerprint density at radius 3 is 2.75 bits per heavy atom. The van der Waals surface area contributed by atoms with Crippen LogP contribution in [0.5, 0.6) is 0 Å². The molecule has 0 amide bonds. The summed E-state index contributed by atoms with van der Waals surface area (Å²) < 4.78 is 5.47. The molecule has 3 rings (SSSR count). The van der Waals surface area contributed by atoms with E-state index in [0.717, 1.165) is 32.4 Å². The molecule has 1 unspecified atom stereocenters. The van der Waals surface area contributed by atoms with Crippen LogP contribution >= 0.6 is 0 Å². The van der Waals surface area contributed by atoms with Gasteiger partial charge in [-0.1, -0.05) is 48.9 Å². The van der Waals surface area contributed by atoms with Crippen molar-refractivity contribution in [3.63, 3.8) is 0 Å². The molecule has 2 fully saturated rings. The zero-order valence-electron chi connectivity index (χ0n) is 14.7. The molecule has 1 aliphatic heterocycles. The molecule has 0 N–H and O–H groups in total. The number of nitrogens with zero attached hydrogens (tertiary/aromatic N) is 1. The van der Waals surface area contributed by atoms with E-state index in [1.165, 1.54) is 24.8 Å². The molecular formula is C21H29NO2. The van der Waals surface area contributed by atoms with Crippen molar-refractivity contribution in [1.29, 1.82) is 0 Å². The van der Waals surface area contributed by atoms with Gasteiger partial charge in [0, 0.05) is 12.6 Å². The summed E-state index contributed by atoms with van der Waals surface area (Å²) in [6.07, 6.45) is 11.0. The van der Waals surface area contributed by atoms with Crippen molar-refractivity contribution < 1.29 is 9.53 Å². The maximum Gasteiger partial charge on any atom is 0.313 e. The third-order valence-corrected chi connectivity index (χ3v) is 5.52. The maximum atomic E-state index is 12.8. The zero-order chi connectivity index (χ0) is 16.8. The minimum absolute atomic E-state index is 0.00765. The number of likely N-dealkylation sites (tertiary alicyclic amines) is 1. The van der Waals surface area contributed by atoms with Crippen LogP contribution in [0.15, 0.2) is 36.4 Å². The molecule has 1 heterocycles. The SMILES string of the molecule is CCOC(=O)C1(C/C=C/c2ccccc2)CCCN(C2CCC2)C1. The predicted octanol–water partition coefficient (Wildman–Crippen LogP) is 4.29. The number of ether oxygens (including phenoxy) is 1. The highest BCUT2D eigenvalue weighted by Gasteiger charge is 2.44. The minimum Gasteiger partial charge on any atom is -0.466 e. The lowest BCUT2D eigenvalue weighted by Gasteiger charge is -2.46. The predicted molar refractivity (Wildman–Crippen MR) is 97.6 cm³/mol. The van der Waals surface area contributed by atoms with E-state index in [-0.39, 0.29) is 11.4 Å². The molecule has 24 heavy (non-hydrogen) atoms. The van der Waals surface area contributed by atoms with Gasteiger partial charge < -0.3 is 4.74 Å². The molecule has 1 aromatic rings. The fourth-order valence-corrected chi connectivity index (χ4v) is 3.92. The zero-order valence-corrected chi connectivity index (χ0v) is 14.7. The Hall–Kier alpha value is -1.61. The van der Waals surface area contributed by atoms with Crippen LogP contribution in [0.1, 0.15) is 51.0 Å². The quantitative estimate of drug-likeness (QED) is 0.730. The summed E-state index contributed by atoms with van der Waals surface area (Å²) in [7, 11) is 0. The van der Waals surface area contributed by atoms with Gasteiger partial charge in [0.05, 0.1) is 12.0 Å². The largest absolute Gasteiger partial charge is 0.466 e. The number of carbonyl (C=O) groups excluding carboxylic acids is 1. The van der Waals surface area contributed by atoms with Crippen LogP contribution < -0.4 is 0 Å². The molecule has 0 bridgehead atoms. The third-order valence-electron chi connectivity index (χ3n) is 5.52. The molecule has 2 aliphatic rings. The van der Waals surface area contributed by atoms with Crippen LogP contribution in [-0.4, -0.2) is 36.6 Å². The second kappa shape index (κ2) is 7.98. The summed E-state index contributed by atoms with van der Waals surface area (Å²) in [6, 6.07) is 11.0. The Morgan fingerprint density at radius 2 is 2.08 bits per heavy atom. The van der Waals surface area contributed by atoms with Crippen LogP contribution in [0, 0.1) is 5.41 Å². The summed E-state index contributed by atoms with van der Waals surface area (Å²) in [5.41, 5.74) is 0.818. The summed E-state index contributed by atoms with van der Waals surface area (Å²) >= 11 is 0. The molecule has 1 aliphatic carbocycles. The Bertz CT molecular complexity index is 564. The van der Waals surface area contributed by atoms with Gasteiger partial charge in [-0.2, -0.15) is 0 Å². The second-order valence-electron chi connectivity index (χ2n) is 7.18. The summed E-state index contributed by atoms with van der Waals surface area (Å²) in [6.45, 7) is 4.36. The average Bonchev–Trinajstić information content (AvgIpc) is 2.55. The minimum atomic E-state index is -0.366. The summed E-state index contributed by atoms with van der Waals surface area (Å²) in [4.78, 5) is 15.3. The van der Waals surface area contributed by atoms with Gasteiger partial charge in [-0.25, -0.2) is 0 Å². The number of hydrogen-bond donors (Lipinski definition) is 0. The van der Waals surface area contributed by atoms with Gasteiger partial charge in [0.15, 0.2) is 0 Å². The number of benzene rings is 1. The van der Waals surface area contributed by atoms with Gasteiger partial charge in [0.25, 0.3) is 0 Å². The van der Waals surface area contributed by atoms with Gasteiger partial charge >= 0.3 is 5.97 Å². The smallest absolute Gasteiger partial charge is 0.313 e. The van der Waals surface area contributed by atoms with Crippen LogP contribution in [0.3, 0.4) is 0 Å². The van der Waals surface area contributed by atoms with Gasteiger partial charge in [-0.3, -0.25) is 9.69 Å². The Balaban J connectivity index is 1.72. The molecule has 3 heteroatoms. The number of rotatable bonds is 6. The molecule has 0 radical (unpaired) electrons. The van der Waals surface area contributed by atoms with Crippen molar-refractivity contribution in [3.05, 3.63) is 42.0 Å². The standard InChI is InChI=1S/C21H29NO2/c1-2-24-20(23)21(14-7-11-18-9-4-3-5-10-18)15-8-16-22(17-21)19-12-6-13-19/h3-5,7,9-11,19H,2,6,8,12-17H2,1H3/b11-7+. The van der Waals surface area contributed by atoms with Crippen LogP contribution in [0.25, 0.3) is 6.08 Å². The monoisotopic (exact) mass is 327 g/mol. The third kappa shape index (κ3) is 3.89. The summed E-state index contributed by atoms with van der Waals surface area (Å²) in [5.74, 6) is -0.00765. The number of piperidine rings is 1. The van der Waals surface area contributed by atoms with Gasteiger partial charge in [-0.15, -0.1) is 0 Å². The van der Waals surface area contributed by atoms with E-state index in [4.69, 9.17) is 4.74 Å². The first-order valence-electron chi connectivity index (χ1n) is 9.36. The highest BCUT2D eigenvalue weighted by molar-refractivity contribution is 5.78. The van der Waals surface area contributed by atoms with E-state index in [9.17, 15) is 4.79 Å². The highest BCUT2D eigenvalue weighted by Crippen LogP contribution is 2.39. The fraction of sp³-hybridized carbons (Fsp3) is 0.571. The average molecular weight is 327 g/mol. The number of allylic oxidation sites excluding steroid dienone is 1. The maximum absolute atomic E-state index is 12.8. The van der Waals surface area contributed by atoms with Crippen molar-refractivity contribution in [2.75, 3.05) is 19.7 Å². The summed E-state index contributed by atoms with van der Waals surface area (Å²) in [5, 5.41) is 0. The van der Waals surface area contributed by atoms with Crippen LogP contribution in [-0.2, 0) is 9.53 Å². The van der Waals surface area contributed by atoms with Crippen molar-refractivity contribution >= 4 is 12.0 Å². The molecule has 0 aromatic heterocycles. The Morgan fingerprint density at radius 1 is 1.29 bits per heavy atom. The van der Waals surface area contributed by atoms with E-state index < -0.39 is 0 Å². The first kappa shape index (κ1) is 17.2. The van der Waals surface area contributed by atoms with Gasteiger partial charge in [0.1, 0.15) is 0 Å². The molecule has 0 spiro atoms. The van der Waals surface area contributed by atoms with Crippen molar-refractivity contribution in [1.82, 2.24) is 4.90 Å². The van der Waals surface area contributed by atoms with Crippen LogP contribution in [0.4, 0.5) is 0 Å². The normalized spacial score (nSPS) is 25.5. The van der Waals surface area contributed by atoms with E-state index in [2.05, 4.69) is 29.2 Å². The van der Waals surface area contributed by atoms with E-state index in [1.807, 2.05) is 25.1 Å². The number of esters is 1. The van der Waals surface area contributed by atoms with Crippen molar-refractivity contribution in [2.45, 2.75) is 51.5 Å². The van der Waals surface area contributed by atoms with Crippen molar-refractivity contribution in [2.24, 2.45) is 5.41 Å². The molecular weight excluding hydrogens is 298 g/mol. The molecule has 1 saturated heterocycles. The topological polar surface area (TPSA) is 29.5 Å². The Labute approximate surface area is 145 Å². The lowest BCUT2D eigenvalue weighted by Crippen LogP contribution is -2.53. The van der Waals surface area contributed by atoms with Crippen LogP contribution in [0.2, 0.25) is 0 Å².